The first kappa shape index (κ1) is 13.6. The minimum absolute atomic E-state index is 0.305. The van der Waals surface area contributed by atoms with Gasteiger partial charge in [0.15, 0.2) is 0 Å². The molecule has 0 saturated carbocycles. The molecule has 0 aliphatic rings. The summed E-state index contributed by atoms with van der Waals surface area (Å²) in [5.41, 5.74) is 0.288. The van der Waals surface area contributed by atoms with Crippen LogP contribution < -0.4 is 5.32 Å². The molecule has 1 aromatic heterocycles. The Morgan fingerprint density at radius 2 is 2.29 bits per heavy atom. The highest BCUT2D eigenvalue weighted by Crippen LogP contribution is 2.20. The monoisotopic (exact) mass is 253 g/mol. The van der Waals surface area contributed by atoms with Crippen LogP contribution >= 0.6 is 11.6 Å². The highest BCUT2D eigenvalue weighted by Gasteiger charge is 2.26. The second-order valence-corrected chi connectivity index (χ2v) is 4.53. The number of aryl methyl sites for hydroxylation is 2. The third-order valence-electron chi connectivity index (χ3n) is 2.78. The summed E-state index contributed by atoms with van der Waals surface area (Å²) in [6.07, 6.45) is 6.05. The van der Waals surface area contributed by atoms with Crippen LogP contribution in [-0.2, 0) is 7.05 Å². The van der Waals surface area contributed by atoms with Crippen molar-refractivity contribution in [3.05, 3.63) is 16.4 Å². The van der Waals surface area contributed by atoms with E-state index >= 15 is 0 Å². The number of terminal acetylenes is 1. The summed E-state index contributed by atoms with van der Waals surface area (Å²) in [7, 11) is 1.67. The van der Waals surface area contributed by atoms with E-state index in [1.807, 2.05) is 6.92 Å². The standard InChI is InChI=1S/C12H16ClN3O/c1-6-12(4,7-2)14-11(17)10-9(13)8(3)15-16(10)5/h1H,7H2,2-5H3,(H,14,17)/t12-/m0/s1. The molecule has 0 saturated heterocycles. The zero-order valence-electron chi connectivity index (χ0n) is 10.5. The molecule has 0 radical (unpaired) electrons. The van der Waals surface area contributed by atoms with Crippen molar-refractivity contribution in [1.82, 2.24) is 15.1 Å². The van der Waals surface area contributed by atoms with Gasteiger partial charge >= 0.3 is 0 Å². The molecular formula is C12H16ClN3O. The summed E-state index contributed by atoms with van der Waals surface area (Å²) in [5, 5.41) is 7.23. The molecule has 4 nitrogen and oxygen atoms in total. The molecular weight excluding hydrogens is 238 g/mol. The Balaban J connectivity index is 3.03. The van der Waals surface area contributed by atoms with Gasteiger partial charge in [0.25, 0.3) is 5.91 Å². The topological polar surface area (TPSA) is 46.9 Å². The molecule has 0 aromatic carbocycles. The molecule has 17 heavy (non-hydrogen) atoms. The Bertz CT molecular complexity index is 487. The quantitative estimate of drug-likeness (QED) is 0.837. The van der Waals surface area contributed by atoms with E-state index in [0.29, 0.717) is 22.8 Å². The van der Waals surface area contributed by atoms with Gasteiger partial charge in [-0.1, -0.05) is 24.4 Å². The lowest BCUT2D eigenvalue weighted by molar-refractivity contribution is 0.0914. The number of carbonyl (C=O) groups excluding carboxylic acids is 1. The number of aromatic nitrogens is 2. The number of halogens is 1. The van der Waals surface area contributed by atoms with Crippen LogP contribution in [0.1, 0.15) is 36.5 Å². The molecule has 1 atom stereocenters. The Kier molecular flexibility index (Phi) is 3.84. The molecule has 0 aliphatic carbocycles. The first-order chi connectivity index (χ1) is 7.84. The highest BCUT2D eigenvalue weighted by atomic mass is 35.5. The minimum Gasteiger partial charge on any atom is -0.335 e. The number of nitrogens with zero attached hydrogens (tertiary/aromatic N) is 2. The van der Waals surface area contributed by atoms with Gasteiger partial charge in [-0.2, -0.15) is 5.10 Å². The van der Waals surface area contributed by atoms with Crippen molar-refractivity contribution in [3.8, 4) is 12.3 Å². The number of carbonyl (C=O) groups is 1. The molecule has 1 rings (SSSR count). The van der Waals surface area contributed by atoms with Gasteiger partial charge in [0.05, 0.1) is 16.3 Å². The third-order valence-corrected chi connectivity index (χ3v) is 3.23. The van der Waals surface area contributed by atoms with E-state index in [4.69, 9.17) is 18.0 Å². The third kappa shape index (κ3) is 2.62. The Morgan fingerprint density at radius 3 is 2.65 bits per heavy atom. The van der Waals surface area contributed by atoms with Crippen molar-refractivity contribution in [2.75, 3.05) is 0 Å². The van der Waals surface area contributed by atoms with E-state index in [9.17, 15) is 4.79 Å². The first-order valence-electron chi connectivity index (χ1n) is 5.34. The van der Waals surface area contributed by atoms with Crippen molar-refractivity contribution in [3.63, 3.8) is 0 Å². The lowest BCUT2D eigenvalue weighted by Gasteiger charge is -2.23. The minimum atomic E-state index is -0.668. The Morgan fingerprint density at radius 1 is 1.71 bits per heavy atom. The zero-order chi connectivity index (χ0) is 13.2. The van der Waals surface area contributed by atoms with Crippen molar-refractivity contribution in [2.45, 2.75) is 32.7 Å². The lowest BCUT2D eigenvalue weighted by atomic mass is 10.00. The fourth-order valence-electron chi connectivity index (χ4n) is 1.42. The SMILES string of the molecule is C#C[C@@](C)(CC)NC(=O)c1c(Cl)c(C)nn1C. The molecule has 1 N–H and O–H groups in total. The van der Waals surface area contributed by atoms with Crippen LogP contribution in [0.4, 0.5) is 0 Å². The normalized spacial score (nSPS) is 13.9. The van der Waals surface area contributed by atoms with Gasteiger partial charge < -0.3 is 5.32 Å². The van der Waals surface area contributed by atoms with Gasteiger partial charge in [-0.15, -0.1) is 6.42 Å². The van der Waals surface area contributed by atoms with Crippen LogP contribution in [0.2, 0.25) is 5.02 Å². The second kappa shape index (κ2) is 4.80. The summed E-state index contributed by atoms with van der Waals surface area (Å²) in [6, 6.07) is 0. The number of hydrogen-bond acceptors (Lipinski definition) is 2. The summed E-state index contributed by atoms with van der Waals surface area (Å²) in [4.78, 5) is 12.1. The molecule has 92 valence electrons. The van der Waals surface area contributed by atoms with Crippen LogP contribution in [-0.4, -0.2) is 21.2 Å². The number of amides is 1. The van der Waals surface area contributed by atoms with Crippen molar-refractivity contribution >= 4 is 17.5 Å². The summed E-state index contributed by atoms with van der Waals surface area (Å²) >= 11 is 6.03. The lowest BCUT2D eigenvalue weighted by Crippen LogP contribution is -2.44. The summed E-state index contributed by atoms with van der Waals surface area (Å²) < 4.78 is 1.46. The van der Waals surface area contributed by atoms with Gasteiger partial charge in [-0.3, -0.25) is 9.48 Å². The van der Waals surface area contributed by atoms with Crippen LogP contribution in [0.15, 0.2) is 0 Å². The maximum absolute atomic E-state index is 12.1. The Labute approximate surface area is 106 Å². The smallest absolute Gasteiger partial charge is 0.272 e. The van der Waals surface area contributed by atoms with Gasteiger partial charge in [0, 0.05) is 7.05 Å². The van der Waals surface area contributed by atoms with E-state index in [2.05, 4.69) is 16.3 Å². The van der Waals surface area contributed by atoms with Crippen molar-refractivity contribution < 1.29 is 4.79 Å². The van der Waals surface area contributed by atoms with E-state index in [-0.39, 0.29) is 5.91 Å². The predicted octanol–water partition coefficient (Wildman–Crippen LogP) is 1.91. The van der Waals surface area contributed by atoms with Gasteiger partial charge in [-0.05, 0) is 20.3 Å². The molecule has 1 heterocycles. The average Bonchev–Trinajstić information content (AvgIpc) is 2.53. The summed E-state index contributed by atoms with van der Waals surface area (Å²) in [5.74, 6) is 2.26. The van der Waals surface area contributed by atoms with Crippen LogP contribution in [0, 0.1) is 19.3 Å². The highest BCUT2D eigenvalue weighted by molar-refractivity contribution is 6.34. The fourth-order valence-corrected chi connectivity index (χ4v) is 1.66. The fraction of sp³-hybridized carbons (Fsp3) is 0.500. The number of hydrogen-bond donors (Lipinski definition) is 1. The van der Waals surface area contributed by atoms with Crippen molar-refractivity contribution in [2.24, 2.45) is 7.05 Å². The second-order valence-electron chi connectivity index (χ2n) is 4.16. The molecule has 1 aromatic rings. The molecule has 1 amide bonds. The summed E-state index contributed by atoms with van der Waals surface area (Å²) in [6.45, 7) is 5.46. The van der Waals surface area contributed by atoms with Crippen LogP contribution in [0.25, 0.3) is 0 Å². The molecule has 0 aliphatic heterocycles. The average molecular weight is 254 g/mol. The molecule has 0 spiro atoms. The van der Waals surface area contributed by atoms with Crippen LogP contribution in [0.3, 0.4) is 0 Å². The van der Waals surface area contributed by atoms with E-state index in [0.717, 1.165) is 0 Å². The number of rotatable bonds is 3. The number of nitrogens with one attached hydrogen (secondary N) is 1. The van der Waals surface area contributed by atoms with Crippen LogP contribution in [0.5, 0.6) is 0 Å². The molecule has 0 bridgehead atoms. The molecule has 0 unspecified atom stereocenters. The maximum Gasteiger partial charge on any atom is 0.272 e. The molecule has 0 fully saturated rings. The van der Waals surface area contributed by atoms with Gasteiger partial charge in [0.1, 0.15) is 5.69 Å². The van der Waals surface area contributed by atoms with Gasteiger partial charge in [-0.25, -0.2) is 0 Å². The van der Waals surface area contributed by atoms with Crippen molar-refractivity contribution in [1.29, 1.82) is 0 Å². The predicted molar refractivity (Wildman–Crippen MR) is 68.0 cm³/mol. The van der Waals surface area contributed by atoms with E-state index in [1.54, 1.807) is 20.9 Å². The van der Waals surface area contributed by atoms with E-state index in [1.165, 1.54) is 4.68 Å². The largest absolute Gasteiger partial charge is 0.335 e. The maximum atomic E-state index is 12.1. The van der Waals surface area contributed by atoms with E-state index < -0.39 is 5.54 Å². The first-order valence-corrected chi connectivity index (χ1v) is 5.71. The Hall–Kier alpha value is -1.47. The molecule has 5 heteroatoms. The zero-order valence-corrected chi connectivity index (χ0v) is 11.2. The van der Waals surface area contributed by atoms with Gasteiger partial charge in [0.2, 0.25) is 0 Å².